The van der Waals surface area contributed by atoms with E-state index in [4.69, 9.17) is 9.62 Å². The fourth-order valence-corrected chi connectivity index (χ4v) is 2.13. The molecule has 0 aromatic carbocycles. The summed E-state index contributed by atoms with van der Waals surface area (Å²) in [5, 5.41) is 4.31. The summed E-state index contributed by atoms with van der Waals surface area (Å²) in [5.74, 6) is -1.42. The number of rotatable bonds is 15. The van der Waals surface area contributed by atoms with Crippen LogP contribution in [-0.2, 0) is 29.1 Å². The minimum absolute atomic E-state index is 0.359. The van der Waals surface area contributed by atoms with Gasteiger partial charge < -0.3 is 4.74 Å². The number of hydrogen-bond donors (Lipinski definition) is 0. The van der Waals surface area contributed by atoms with Gasteiger partial charge in [0, 0.05) is 12.2 Å². The molecule has 152 valence electrons. The molecule has 0 spiro atoms. The zero-order chi connectivity index (χ0) is 19.7. The lowest BCUT2D eigenvalue weighted by molar-refractivity contribution is -0.513. The van der Waals surface area contributed by atoms with Crippen LogP contribution in [0.4, 0.5) is 0 Å². The summed E-state index contributed by atoms with van der Waals surface area (Å²) in [6.07, 6.45) is 14.2. The van der Waals surface area contributed by atoms with Crippen LogP contribution in [0.25, 0.3) is 0 Å². The topological polar surface area (TPSA) is 71.1 Å². The van der Waals surface area contributed by atoms with Crippen LogP contribution < -0.4 is 0 Å². The second kappa shape index (κ2) is 15.8. The Bertz CT molecular complexity index is 398. The van der Waals surface area contributed by atoms with E-state index >= 15 is 0 Å². The van der Waals surface area contributed by atoms with Crippen molar-refractivity contribution in [3.63, 3.8) is 0 Å². The summed E-state index contributed by atoms with van der Waals surface area (Å²) in [7, 11) is 0. The standard InChI is InChI=1S/C20H36O6/c1-5-6-7-8-9-10-11-12-13-14-17-23-18(21)15-16-19(22)24-26-25-20(2,3)4/h15-16H,5-14,17H2,1-4H3. The third-order valence-corrected chi connectivity index (χ3v) is 3.50. The molecule has 0 unspecified atom stereocenters. The van der Waals surface area contributed by atoms with Crippen LogP contribution in [0.1, 0.15) is 91.9 Å². The Morgan fingerprint density at radius 2 is 1.27 bits per heavy atom. The molecule has 0 radical (unpaired) electrons. The molecule has 0 bridgehead atoms. The van der Waals surface area contributed by atoms with Crippen molar-refractivity contribution in [2.45, 2.75) is 97.5 Å². The smallest absolute Gasteiger partial charge is 0.369 e. The normalized spacial score (nSPS) is 11.7. The number of carbonyl (C=O) groups excluding carboxylic acids is 2. The monoisotopic (exact) mass is 372 g/mol. The van der Waals surface area contributed by atoms with Crippen molar-refractivity contribution in [1.82, 2.24) is 0 Å². The second-order valence-electron chi connectivity index (χ2n) is 7.35. The van der Waals surface area contributed by atoms with Crippen molar-refractivity contribution in [2.24, 2.45) is 0 Å². The first-order valence-electron chi connectivity index (χ1n) is 9.76. The summed E-state index contributed by atoms with van der Waals surface area (Å²) in [6, 6.07) is 0. The Labute approximate surface area is 158 Å². The van der Waals surface area contributed by atoms with Crippen LogP contribution in [0.15, 0.2) is 12.2 Å². The van der Waals surface area contributed by atoms with Gasteiger partial charge in [-0.1, -0.05) is 64.7 Å². The van der Waals surface area contributed by atoms with E-state index in [1.807, 2.05) is 0 Å². The van der Waals surface area contributed by atoms with Gasteiger partial charge in [0.1, 0.15) is 0 Å². The van der Waals surface area contributed by atoms with Crippen molar-refractivity contribution >= 4 is 11.9 Å². The fraction of sp³-hybridized carbons (Fsp3) is 0.800. The van der Waals surface area contributed by atoms with E-state index in [0.717, 1.165) is 25.0 Å². The zero-order valence-electron chi connectivity index (χ0n) is 16.9. The molecule has 0 amide bonds. The summed E-state index contributed by atoms with van der Waals surface area (Å²) < 4.78 is 5.02. The maximum Gasteiger partial charge on any atom is 0.369 e. The van der Waals surface area contributed by atoms with Crippen LogP contribution in [0.2, 0.25) is 0 Å². The summed E-state index contributed by atoms with van der Waals surface area (Å²) >= 11 is 0. The van der Waals surface area contributed by atoms with Gasteiger partial charge in [-0.3, -0.25) is 4.89 Å². The van der Waals surface area contributed by atoms with Gasteiger partial charge in [-0.25, -0.2) is 9.59 Å². The molecule has 0 N–H and O–H groups in total. The van der Waals surface area contributed by atoms with Gasteiger partial charge in [0.05, 0.1) is 12.2 Å². The number of hydrogen-bond acceptors (Lipinski definition) is 6. The molecule has 0 fully saturated rings. The molecule has 6 heteroatoms. The van der Waals surface area contributed by atoms with Crippen molar-refractivity contribution in [1.29, 1.82) is 0 Å². The quantitative estimate of drug-likeness (QED) is 0.129. The van der Waals surface area contributed by atoms with E-state index in [9.17, 15) is 9.59 Å². The lowest BCUT2D eigenvalue weighted by atomic mass is 10.1. The maximum atomic E-state index is 11.5. The van der Waals surface area contributed by atoms with E-state index < -0.39 is 17.5 Å². The Hall–Kier alpha value is -1.40. The molecule has 0 aromatic rings. The molecule has 0 heterocycles. The lowest BCUT2D eigenvalue weighted by Gasteiger charge is -2.14. The minimum atomic E-state index is -0.842. The highest BCUT2D eigenvalue weighted by atomic mass is 17.5. The van der Waals surface area contributed by atoms with Crippen molar-refractivity contribution in [3.05, 3.63) is 12.2 Å². The predicted octanol–water partition coefficient (Wildman–Crippen LogP) is 5.21. The highest BCUT2D eigenvalue weighted by Crippen LogP contribution is 2.10. The molecule has 0 saturated carbocycles. The molecule has 0 aliphatic rings. The average molecular weight is 373 g/mol. The van der Waals surface area contributed by atoms with Crippen molar-refractivity contribution in [3.8, 4) is 0 Å². The van der Waals surface area contributed by atoms with E-state index in [-0.39, 0.29) is 0 Å². The summed E-state index contributed by atoms with van der Waals surface area (Å²) in [4.78, 5) is 31.8. The largest absolute Gasteiger partial charge is 0.463 e. The van der Waals surface area contributed by atoms with Gasteiger partial charge in [-0.2, -0.15) is 4.89 Å². The second-order valence-corrected chi connectivity index (χ2v) is 7.35. The number of carbonyl (C=O) groups is 2. The van der Waals surface area contributed by atoms with Gasteiger partial charge in [0.25, 0.3) is 0 Å². The molecule has 6 nitrogen and oxygen atoms in total. The van der Waals surface area contributed by atoms with Crippen LogP contribution >= 0.6 is 0 Å². The molecular weight excluding hydrogens is 336 g/mol. The summed E-state index contributed by atoms with van der Waals surface area (Å²) in [5.41, 5.74) is -0.599. The predicted molar refractivity (Wildman–Crippen MR) is 100.0 cm³/mol. The van der Waals surface area contributed by atoms with E-state index in [1.54, 1.807) is 20.8 Å². The first kappa shape index (κ1) is 24.6. The molecule has 0 rings (SSSR count). The van der Waals surface area contributed by atoms with Crippen LogP contribution in [0, 0.1) is 0 Å². The fourth-order valence-electron chi connectivity index (χ4n) is 2.13. The Kier molecular flexibility index (Phi) is 15.0. The van der Waals surface area contributed by atoms with Crippen LogP contribution in [0.3, 0.4) is 0 Å². The molecule has 0 aliphatic heterocycles. The zero-order valence-corrected chi connectivity index (χ0v) is 16.9. The van der Waals surface area contributed by atoms with E-state index in [0.29, 0.717) is 6.61 Å². The number of ether oxygens (including phenoxy) is 1. The van der Waals surface area contributed by atoms with Crippen molar-refractivity contribution in [2.75, 3.05) is 6.61 Å². The van der Waals surface area contributed by atoms with Gasteiger partial charge in [0.2, 0.25) is 0 Å². The SMILES string of the molecule is CCCCCCCCCCCCOC(=O)C=CC(=O)OOOC(C)(C)C. The molecule has 0 aromatic heterocycles. The molecule has 0 aliphatic carbocycles. The van der Waals surface area contributed by atoms with E-state index in [1.165, 1.54) is 51.4 Å². The third-order valence-electron chi connectivity index (χ3n) is 3.50. The molecule has 26 heavy (non-hydrogen) atoms. The third kappa shape index (κ3) is 18.9. The average Bonchev–Trinajstić information content (AvgIpc) is 2.56. The number of unbranched alkanes of at least 4 members (excludes halogenated alkanes) is 9. The molecular formula is C20H36O6. The highest BCUT2D eigenvalue weighted by Gasteiger charge is 2.13. The van der Waals surface area contributed by atoms with Crippen LogP contribution in [-0.4, -0.2) is 24.1 Å². The minimum Gasteiger partial charge on any atom is -0.463 e. The molecule has 0 saturated heterocycles. The lowest BCUT2D eigenvalue weighted by Crippen LogP contribution is -2.20. The van der Waals surface area contributed by atoms with E-state index in [2.05, 4.69) is 16.8 Å². The Morgan fingerprint density at radius 1 is 0.769 bits per heavy atom. The van der Waals surface area contributed by atoms with Gasteiger partial charge in [0.15, 0.2) is 0 Å². The van der Waals surface area contributed by atoms with Gasteiger partial charge >= 0.3 is 11.9 Å². The Balaban J connectivity index is 3.49. The Morgan fingerprint density at radius 3 is 1.81 bits per heavy atom. The molecule has 0 atom stereocenters. The first-order valence-corrected chi connectivity index (χ1v) is 9.76. The van der Waals surface area contributed by atoms with Crippen molar-refractivity contribution < 1.29 is 29.1 Å². The van der Waals surface area contributed by atoms with Crippen LogP contribution in [0.5, 0.6) is 0 Å². The van der Waals surface area contributed by atoms with Gasteiger partial charge in [-0.05, 0) is 32.2 Å². The highest BCUT2D eigenvalue weighted by molar-refractivity contribution is 5.91. The summed E-state index contributed by atoms with van der Waals surface area (Å²) in [6.45, 7) is 7.80. The first-order chi connectivity index (χ1) is 12.3. The van der Waals surface area contributed by atoms with Gasteiger partial charge in [-0.15, -0.1) is 0 Å². The maximum absolute atomic E-state index is 11.5. The number of esters is 1.